The number of likely N-dealkylation sites (tertiary alicyclic amines) is 1. The van der Waals surface area contributed by atoms with Crippen LogP contribution in [0.15, 0.2) is 53.1 Å². The molecule has 1 aliphatic rings. The van der Waals surface area contributed by atoms with Crippen molar-refractivity contribution in [2.24, 2.45) is 5.73 Å². The Hall–Kier alpha value is -3.68. The van der Waals surface area contributed by atoms with E-state index in [-0.39, 0.29) is 5.56 Å². The number of aromatic nitrogens is 1. The van der Waals surface area contributed by atoms with E-state index in [0.29, 0.717) is 29.6 Å². The zero-order valence-corrected chi connectivity index (χ0v) is 16.2. The third kappa shape index (κ3) is 3.89. The Labute approximate surface area is 172 Å². The molecule has 3 aromatic rings. The first kappa shape index (κ1) is 19.6. The number of nitrogens with two attached hydrogens (primary N) is 1. The molecule has 30 heavy (non-hydrogen) atoms. The summed E-state index contributed by atoms with van der Waals surface area (Å²) in [5.74, 6) is -1.06. The molecule has 1 aromatic heterocycles. The lowest BCUT2D eigenvalue weighted by Gasteiger charge is -2.33. The van der Waals surface area contributed by atoms with Crippen LogP contribution in [-0.4, -0.2) is 47.0 Å². The number of rotatable bonds is 5. The molecule has 2 amide bonds. The number of hydrogen-bond acceptors (Lipinski definition) is 6. The van der Waals surface area contributed by atoms with Crippen LogP contribution in [0.5, 0.6) is 0 Å². The standard InChI is InChI=1S/C22H21N3O5/c23-21(27)18-8-4-5-11-25(18)19(26)13-29-22(28)15-9-10-17-16(12-15)20(30-24-17)14-6-2-1-3-7-14/h1-3,6-7,9-10,12,18H,4-5,8,11,13H2,(H2,23,27)/t18-/m1/s1. The minimum Gasteiger partial charge on any atom is -0.452 e. The molecule has 2 N–H and O–H groups in total. The molecular weight excluding hydrogens is 386 g/mol. The largest absolute Gasteiger partial charge is 0.452 e. The van der Waals surface area contributed by atoms with Crippen LogP contribution in [0.2, 0.25) is 0 Å². The van der Waals surface area contributed by atoms with E-state index in [1.807, 2.05) is 30.3 Å². The summed E-state index contributed by atoms with van der Waals surface area (Å²) in [4.78, 5) is 38.0. The molecule has 4 rings (SSSR count). The second-order valence-corrected chi connectivity index (χ2v) is 7.19. The zero-order valence-electron chi connectivity index (χ0n) is 16.2. The van der Waals surface area contributed by atoms with Crippen molar-refractivity contribution in [3.8, 4) is 11.3 Å². The summed E-state index contributed by atoms with van der Waals surface area (Å²) in [6, 6.07) is 13.7. The molecule has 1 saturated heterocycles. The number of hydrogen-bond donors (Lipinski definition) is 1. The highest BCUT2D eigenvalue weighted by Crippen LogP contribution is 2.29. The summed E-state index contributed by atoms with van der Waals surface area (Å²) in [6.07, 6.45) is 2.15. The summed E-state index contributed by atoms with van der Waals surface area (Å²) in [5, 5.41) is 4.70. The van der Waals surface area contributed by atoms with Gasteiger partial charge < -0.3 is 19.9 Å². The number of nitrogens with zero attached hydrogens (tertiary/aromatic N) is 2. The molecule has 2 heterocycles. The Bertz CT molecular complexity index is 1090. The number of carbonyl (C=O) groups excluding carboxylic acids is 3. The maximum atomic E-state index is 12.5. The monoisotopic (exact) mass is 407 g/mol. The van der Waals surface area contributed by atoms with E-state index in [1.54, 1.807) is 18.2 Å². The molecule has 0 spiro atoms. The molecule has 0 aliphatic carbocycles. The summed E-state index contributed by atoms with van der Waals surface area (Å²) >= 11 is 0. The molecule has 1 fully saturated rings. The van der Waals surface area contributed by atoms with E-state index in [1.165, 1.54) is 4.90 Å². The molecule has 0 saturated carbocycles. The zero-order chi connectivity index (χ0) is 21.1. The van der Waals surface area contributed by atoms with Gasteiger partial charge in [0.15, 0.2) is 12.4 Å². The number of benzene rings is 2. The molecule has 2 aromatic carbocycles. The van der Waals surface area contributed by atoms with Gasteiger partial charge in [-0.05, 0) is 37.5 Å². The first-order valence-corrected chi connectivity index (χ1v) is 9.75. The van der Waals surface area contributed by atoms with Gasteiger partial charge in [-0.25, -0.2) is 4.79 Å². The molecule has 0 unspecified atom stereocenters. The molecule has 154 valence electrons. The summed E-state index contributed by atoms with van der Waals surface area (Å²) < 4.78 is 10.6. The first-order valence-electron chi connectivity index (χ1n) is 9.75. The minimum absolute atomic E-state index is 0.278. The average molecular weight is 407 g/mol. The molecule has 8 nitrogen and oxygen atoms in total. The second kappa shape index (κ2) is 8.36. The van der Waals surface area contributed by atoms with Crippen molar-refractivity contribution in [1.29, 1.82) is 0 Å². The number of esters is 1. The van der Waals surface area contributed by atoms with E-state index in [2.05, 4.69) is 5.16 Å². The van der Waals surface area contributed by atoms with Gasteiger partial charge >= 0.3 is 5.97 Å². The van der Waals surface area contributed by atoms with Gasteiger partial charge in [0.25, 0.3) is 5.91 Å². The van der Waals surface area contributed by atoms with Gasteiger partial charge in [0, 0.05) is 12.1 Å². The summed E-state index contributed by atoms with van der Waals surface area (Å²) in [5.41, 5.74) is 7.12. The highest BCUT2D eigenvalue weighted by Gasteiger charge is 2.31. The van der Waals surface area contributed by atoms with E-state index in [9.17, 15) is 14.4 Å². The van der Waals surface area contributed by atoms with Crippen molar-refractivity contribution in [3.63, 3.8) is 0 Å². The van der Waals surface area contributed by atoms with Crippen LogP contribution in [0.4, 0.5) is 0 Å². The van der Waals surface area contributed by atoms with Crippen molar-refractivity contribution in [3.05, 3.63) is 54.1 Å². The van der Waals surface area contributed by atoms with E-state index in [4.69, 9.17) is 15.0 Å². The van der Waals surface area contributed by atoms with Gasteiger partial charge in [0.1, 0.15) is 11.6 Å². The molecule has 8 heteroatoms. The van der Waals surface area contributed by atoms with Crippen LogP contribution in [0.3, 0.4) is 0 Å². The fourth-order valence-corrected chi connectivity index (χ4v) is 3.69. The van der Waals surface area contributed by atoms with Crippen LogP contribution >= 0.6 is 0 Å². The average Bonchev–Trinajstić information content (AvgIpc) is 3.21. The highest BCUT2D eigenvalue weighted by molar-refractivity contribution is 5.99. The Morgan fingerprint density at radius 2 is 1.93 bits per heavy atom. The van der Waals surface area contributed by atoms with Gasteiger partial charge in [-0.2, -0.15) is 0 Å². The maximum Gasteiger partial charge on any atom is 0.338 e. The lowest BCUT2D eigenvalue weighted by molar-refractivity contribution is -0.143. The SMILES string of the molecule is NC(=O)[C@H]1CCCCN1C(=O)COC(=O)c1ccc2noc(-c3ccccc3)c2c1. The highest BCUT2D eigenvalue weighted by atomic mass is 16.5. The van der Waals surface area contributed by atoms with Crippen LogP contribution < -0.4 is 5.73 Å². The third-order valence-corrected chi connectivity index (χ3v) is 5.23. The van der Waals surface area contributed by atoms with Gasteiger partial charge in [0.05, 0.1) is 10.9 Å². The number of amides is 2. The van der Waals surface area contributed by atoms with Crippen molar-refractivity contribution in [2.75, 3.05) is 13.2 Å². The van der Waals surface area contributed by atoms with Crippen molar-refractivity contribution >= 4 is 28.7 Å². The number of ether oxygens (including phenoxy) is 1. The predicted octanol–water partition coefficient (Wildman–Crippen LogP) is 2.52. The third-order valence-electron chi connectivity index (χ3n) is 5.23. The van der Waals surface area contributed by atoms with Crippen LogP contribution in [0, 0.1) is 0 Å². The van der Waals surface area contributed by atoms with Crippen LogP contribution in [0.1, 0.15) is 29.6 Å². The number of piperidine rings is 1. The summed E-state index contributed by atoms with van der Waals surface area (Å²) in [7, 11) is 0. The Morgan fingerprint density at radius 1 is 1.13 bits per heavy atom. The van der Waals surface area contributed by atoms with Gasteiger partial charge in [-0.3, -0.25) is 9.59 Å². The van der Waals surface area contributed by atoms with Crippen LogP contribution in [-0.2, 0) is 14.3 Å². The van der Waals surface area contributed by atoms with E-state index >= 15 is 0 Å². The molecule has 0 bridgehead atoms. The predicted molar refractivity (Wildman–Crippen MR) is 108 cm³/mol. The Balaban J connectivity index is 1.48. The van der Waals surface area contributed by atoms with Crippen molar-refractivity contribution in [1.82, 2.24) is 10.1 Å². The van der Waals surface area contributed by atoms with E-state index in [0.717, 1.165) is 18.4 Å². The molecular formula is C22H21N3O5. The fourth-order valence-electron chi connectivity index (χ4n) is 3.69. The molecule has 0 radical (unpaired) electrons. The van der Waals surface area contributed by atoms with Gasteiger partial charge in [-0.1, -0.05) is 35.5 Å². The topological polar surface area (TPSA) is 116 Å². The number of carbonyl (C=O) groups is 3. The van der Waals surface area contributed by atoms with Gasteiger partial charge in [-0.15, -0.1) is 0 Å². The normalized spacial score (nSPS) is 16.4. The quantitative estimate of drug-likeness (QED) is 0.650. The maximum absolute atomic E-state index is 12.5. The van der Waals surface area contributed by atoms with Crippen molar-refractivity contribution < 1.29 is 23.6 Å². The second-order valence-electron chi connectivity index (χ2n) is 7.19. The van der Waals surface area contributed by atoms with Gasteiger partial charge in [0.2, 0.25) is 5.91 Å². The Morgan fingerprint density at radius 3 is 2.70 bits per heavy atom. The lowest BCUT2D eigenvalue weighted by Crippen LogP contribution is -2.51. The fraction of sp³-hybridized carbons (Fsp3) is 0.273. The van der Waals surface area contributed by atoms with Crippen molar-refractivity contribution in [2.45, 2.75) is 25.3 Å². The number of fused-ring (bicyclic) bond motifs is 1. The first-order chi connectivity index (χ1) is 14.5. The van der Waals surface area contributed by atoms with E-state index < -0.39 is 30.4 Å². The Kier molecular flexibility index (Phi) is 5.47. The molecule has 1 atom stereocenters. The lowest BCUT2D eigenvalue weighted by atomic mass is 10.0. The minimum atomic E-state index is -0.647. The van der Waals surface area contributed by atoms with Crippen LogP contribution in [0.25, 0.3) is 22.2 Å². The number of primary amides is 1. The molecule has 1 aliphatic heterocycles. The summed E-state index contributed by atoms with van der Waals surface area (Å²) in [6.45, 7) is -0.0209. The smallest absolute Gasteiger partial charge is 0.338 e.